The number of carboxylic acids is 4. The molecule has 0 unspecified atom stereocenters. The lowest BCUT2D eigenvalue weighted by Gasteiger charge is -2.30. The van der Waals surface area contributed by atoms with Crippen LogP contribution in [0.5, 0.6) is 5.75 Å². The Morgan fingerprint density at radius 3 is 1.20 bits per heavy atom. The summed E-state index contributed by atoms with van der Waals surface area (Å²) in [6.45, 7) is 13.8. The van der Waals surface area contributed by atoms with E-state index in [9.17, 15) is 87.5 Å². The molecule has 30 N–H and O–H groups in total. The second-order valence-corrected chi connectivity index (χ2v) is 25.3. The number of carboxylic acid groups (broad SMARTS) is 4. The van der Waals surface area contributed by atoms with Gasteiger partial charge in [0.05, 0.1) is 12.5 Å². The minimum absolute atomic E-state index is 0.0197. The number of nitrogens with one attached hydrogen (secondary N) is 11. The summed E-state index contributed by atoms with van der Waals surface area (Å²) in [7, 11) is 0. The van der Waals surface area contributed by atoms with Crippen molar-refractivity contribution in [2.45, 2.75) is 225 Å². The molecule has 41 heteroatoms. The van der Waals surface area contributed by atoms with Crippen LogP contribution in [0.3, 0.4) is 0 Å². The highest BCUT2D eigenvalue weighted by atomic mass is 16.4. The molecule has 13 atom stereocenters. The number of aliphatic imine (C=N–C) groups is 3. The zero-order valence-corrected chi connectivity index (χ0v) is 60.7. The van der Waals surface area contributed by atoms with Crippen molar-refractivity contribution in [1.82, 2.24) is 58.5 Å². The molecule has 0 bridgehead atoms. The lowest BCUT2D eigenvalue weighted by Crippen LogP contribution is -2.61. The Morgan fingerprint density at radius 1 is 0.410 bits per heavy atom. The van der Waals surface area contributed by atoms with Gasteiger partial charge in [0.2, 0.25) is 65.0 Å². The van der Waals surface area contributed by atoms with Gasteiger partial charge in [0, 0.05) is 51.9 Å². The van der Waals surface area contributed by atoms with Gasteiger partial charge in [0.25, 0.3) is 5.97 Å². The zero-order chi connectivity index (χ0) is 80.4. The summed E-state index contributed by atoms with van der Waals surface area (Å²) in [5.41, 5.74) is 38.9. The Balaban J connectivity index is 0.0000263. The second-order valence-electron chi connectivity index (χ2n) is 25.3. The number of phenolic OH excluding ortho intramolecular Hbond substituents is 1. The van der Waals surface area contributed by atoms with Crippen LogP contribution in [0.25, 0.3) is 0 Å². The number of hydrogen-bond acceptors (Lipinski definition) is 20. The van der Waals surface area contributed by atoms with E-state index in [4.69, 9.17) is 50.0 Å². The van der Waals surface area contributed by atoms with Gasteiger partial charge in [0.1, 0.15) is 66.2 Å². The zero-order valence-electron chi connectivity index (χ0n) is 60.7. The maximum Gasteiger partial charge on any atom is 0.305 e. The molecule has 0 radical (unpaired) electrons. The topological polar surface area (TPSA) is 709 Å². The lowest BCUT2D eigenvalue weighted by atomic mass is 9.96. The van der Waals surface area contributed by atoms with Crippen molar-refractivity contribution in [1.29, 1.82) is 0 Å². The predicted molar refractivity (Wildman–Crippen MR) is 382 cm³/mol. The number of carbonyl (C=O) groups is 15. The summed E-state index contributed by atoms with van der Waals surface area (Å²) in [5, 5.41) is 73.6. The molecule has 0 aliphatic carbocycles. The minimum atomic E-state index is -2.07. The molecule has 105 heavy (non-hydrogen) atoms. The summed E-state index contributed by atoms with van der Waals surface area (Å²) < 4.78 is 0. The number of aliphatic carboxylic acids is 4. The van der Waals surface area contributed by atoms with Gasteiger partial charge < -0.3 is 124 Å². The van der Waals surface area contributed by atoms with Crippen molar-refractivity contribution in [2.24, 2.45) is 66.9 Å². The van der Waals surface area contributed by atoms with Crippen molar-refractivity contribution in [3.05, 3.63) is 29.8 Å². The number of nitrogens with two attached hydrogens (primary N) is 7. The van der Waals surface area contributed by atoms with E-state index in [1.54, 1.807) is 34.6 Å². The van der Waals surface area contributed by atoms with Crippen LogP contribution < -0.4 is 98.6 Å². The quantitative estimate of drug-likeness (QED) is 0.0164. The molecule has 0 aromatic heterocycles. The maximum atomic E-state index is 14.3. The highest BCUT2D eigenvalue weighted by Crippen LogP contribution is 2.16. The number of hydrogen-bond donors (Lipinski definition) is 23. The Hall–Kier alpha value is -11.2. The molecule has 1 rings (SSSR count). The van der Waals surface area contributed by atoms with Crippen LogP contribution in [0.4, 0.5) is 0 Å². The van der Waals surface area contributed by atoms with E-state index < -0.39 is 193 Å². The Labute approximate surface area is 607 Å². The van der Waals surface area contributed by atoms with Crippen molar-refractivity contribution >= 4 is 107 Å². The summed E-state index contributed by atoms with van der Waals surface area (Å²) >= 11 is 0. The molecular weight excluding hydrogens is 1380 g/mol. The first-order chi connectivity index (χ1) is 49.0. The van der Waals surface area contributed by atoms with E-state index in [1.807, 2.05) is 0 Å². The molecule has 0 aliphatic rings. The molecule has 0 saturated heterocycles. The Kier molecular flexibility index (Phi) is 44.2. The number of phenols is 1. The van der Waals surface area contributed by atoms with Crippen LogP contribution in [0, 0.1) is 11.8 Å². The number of guanidine groups is 3. The summed E-state index contributed by atoms with van der Waals surface area (Å²) in [5.74, 6) is -17.9. The number of rotatable bonds is 48. The minimum Gasteiger partial charge on any atom is -0.508 e. The normalized spacial score (nSPS) is 14.5. The molecule has 41 nitrogen and oxygen atoms in total. The molecule has 0 fully saturated rings. The van der Waals surface area contributed by atoms with Gasteiger partial charge in [0.15, 0.2) is 17.9 Å². The van der Waals surface area contributed by atoms with Crippen LogP contribution in [-0.2, 0) is 78.3 Å². The molecule has 1 aromatic carbocycles. The summed E-state index contributed by atoms with van der Waals surface area (Å²) in [4.78, 5) is 209. The van der Waals surface area contributed by atoms with E-state index in [0.29, 0.717) is 31.4 Å². The lowest BCUT2D eigenvalue weighted by molar-refractivity contribution is -0.142. The number of amides is 11. The van der Waals surface area contributed by atoms with E-state index in [2.05, 4.69) is 73.5 Å². The molecule has 590 valence electrons. The third kappa shape index (κ3) is 41.5. The fourth-order valence-corrected chi connectivity index (χ4v) is 9.48. The smallest absolute Gasteiger partial charge is 0.305 e. The van der Waals surface area contributed by atoms with Crippen LogP contribution in [0.15, 0.2) is 39.2 Å². The van der Waals surface area contributed by atoms with Crippen LogP contribution in [0.1, 0.15) is 151 Å². The Bertz CT molecular complexity index is 3180. The van der Waals surface area contributed by atoms with Gasteiger partial charge >= 0.3 is 17.9 Å². The molecule has 0 heterocycles. The van der Waals surface area contributed by atoms with Gasteiger partial charge in [-0.3, -0.25) is 86.9 Å². The van der Waals surface area contributed by atoms with Crippen LogP contribution in [0.2, 0.25) is 0 Å². The molecule has 0 aliphatic heterocycles. The number of benzene rings is 1. The largest absolute Gasteiger partial charge is 0.508 e. The predicted octanol–water partition coefficient (Wildman–Crippen LogP) is -5.78. The first-order valence-corrected chi connectivity index (χ1v) is 33.9. The average molecular weight is 1490 g/mol. The van der Waals surface area contributed by atoms with Gasteiger partial charge in [-0.15, -0.1) is 0 Å². The van der Waals surface area contributed by atoms with E-state index in [1.165, 1.54) is 38.1 Å². The highest BCUT2D eigenvalue weighted by molar-refractivity contribution is 6.00. The third-order valence-corrected chi connectivity index (χ3v) is 15.3. The molecular formula is C64H109N21O20. The molecule has 0 spiro atoms. The first-order valence-electron chi connectivity index (χ1n) is 33.9. The summed E-state index contributed by atoms with van der Waals surface area (Å²) in [6.07, 6.45) is -2.55. The monoisotopic (exact) mass is 1490 g/mol. The number of carbonyl (C=O) groups excluding carboxylic acids is 11. The fourth-order valence-electron chi connectivity index (χ4n) is 9.48. The SMILES string of the molecule is CC(=O)O.CC[C@H](C)[C@H](NC(=O)[C@H](CC(C)C)NC(=O)[C@H](CCCN=C(N)N)NC(=O)[C@@H](N)CCCN=C(N)N)C(=O)N[C@@H](CCC(=O)O)C(=O)N[C@@H](CC(=O)O)C(=O)N[C@@H](C)C(=O)N[C@@H](CCC(=O)O)C(=O)N[C@@H](Cc1ccc(O)cc1)C(=O)N[C@@H](C)C(=O)N[C@@H](C)C(=O)N[C@H](C)CCCN=C(N)N. The van der Waals surface area contributed by atoms with Crippen molar-refractivity contribution < 1.29 is 97.5 Å². The summed E-state index contributed by atoms with van der Waals surface area (Å²) in [6, 6.07) is -11.7. The average Bonchev–Trinajstić information content (AvgIpc) is 0.854. The maximum absolute atomic E-state index is 14.3. The Morgan fingerprint density at radius 2 is 0.762 bits per heavy atom. The van der Waals surface area contributed by atoms with E-state index >= 15 is 0 Å². The van der Waals surface area contributed by atoms with Gasteiger partial charge in [-0.25, -0.2) is 0 Å². The number of aromatic hydroxyl groups is 1. The standard InChI is InChI=1S/C62H105N21O18.C2H4O2/c1-9-31(4)48(83-58(100)42(27-30(2)3)80-53(95)39(15-12-26-72-62(68)69)78-52(94)38(63)14-11-25-71-61(66)67)59(101)79-41(21-23-46(87)88)55(97)82-44(29-47(89)90)57(99)76-35(8)51(93)77-40(20-22-45(85)86)54(96)81-43(28-36-16-18-37(84)19-17-36)56(98)75-34(7)50(92)74-33(6)49(91)73-32(5)13-10-24-70-60(64)65;1-2(3)4/h16-19,30-35,38-44,48,84H,9-15,20-29,63H2,1-8H3,(H,73,91)(H,74,92)(H,75,98)(H,76,99)(H,77,93)(H,78,94)(H,79,101)(H,80,95)(H,81,96)(H,82,97)(H,83,100)(H,85,86)(H,87,88)(H,89,90)(H4,64,65,70)(H4,66,67,71)(H4,68,69,72);1H3,(H,3,4)/t31-,32+,33-,34-,35-,38-,39-,40-,41-,42-,43-,44-,48-;/m0./s1. The van der Waals surface area contributed by atoms with Crippen molar-refractivity contribution in [2.75, 3.05) is 19.6 Å². The van der Waals surface area contributed by atoms with Gasteiger partial charge in [-0.1, -0.05) is 46.2 Å². The van der Waals surface area contributed by atoms with Crippen LogP contribution in [-0.4, -0.2) is 224 Å². The van der Waals surface area contributed by atoms with Gasteiger partial charge in [-0.2, -0.15) is 0 Å². The van der Waals surface area contributed by atoms with E-state index in [0.717, 1.165) is 13.8 Å². The van der Waals surface area contributed by atoms with Gasteiger partial charge in [-0.05, 0) is 115 Å². The number of nitrogens with zero attached hydrogens (tertiary/aromatic N) is 3. The third-order valence-electron chi connectivity index (χ3n) is 15.3. The first kappa shape index (κ1) is 93.8. The second kappa shape index (κ2) is 49.4. The van der Waals surface area contributed by atoms with Crippen molar-refractivity contribution in [3.8, 4) is 5.75 Å². The van der Waals surface area contributed by atoms with Crippen molar-refractivity contribution in [3.63, 3.8) is 0 Å². The van der Waals surface area contributed by atoms with E-state index in [-0.39, 0.29) is 87.2 Å². The van der Waals surface area contributed by atoms with Crippen LogP contribution >= 0.6 is 0 Å². The highest BCUT2D eigenvalue weighted by Gasteiger charge is 2.37. The molecule has 1 aromatic rings. The molecule has 0 saturated carbocycles. The molecule has 11 amide bonds. The fraction of sp³-hybridized carbons (Fsp3) is 0.625.